The second kappa shape index (κ2) is 8.77. The molecule has 29 heavy (non-hydrogen) atoms. The Morgan fingerprint density at radius 1 is 1.28 bits per heavy atom. The summed E-state index contributed by atoms with van der Waals surface area (Å²) >= 11 is 0. The summed E-state index contributed by atoms with van der Waals surface area (Å²) in [5, 5.41) is 0. The predicted octanol–water partition coefficient (Wildman–Crippen LogP) is 4.38. The molecule has 0 saturated heterocycles. The minimum absolute atomic E-state index is 0.00949. The first-order valence-electron chi connectivity index (χ1n) is 9.03. The van der Waals surface area contributed by atoms with Crippen LogP contribution in [0.4, 0.5) is 17.6 Å². The van der Waals surface area contributed by atoms with E-state index in [9.17, 15) is 22.4 Å². The SMILES string of the molecule is CCOC(=O)c1cc(-c2ccc(F)cc2F)c2c(n1)OC(COC(F)F)C(C)C2. The Balaban J connectivity index is 2.08. The van der Waals surface area contributed by atoms with Crippen LogP contribution >= 0.6 is 0 Å². The number of halogens is 4. The Hall–Kier alpha value is -2.68. The first-order valence-corrected chi connectivity index (χ1v) is 9.03. The molecule has 0 amide bonds. The Bertz CT molecular complexity index is 906. The van der Waals surface area contributed by atoms with E-state index in [1.165, 1.54) is 12.1 Å². The standard InChI is InChI=1S/C20H19F4NO4/c1-3-27-19(26)16-8-13(12-5-4-11(21)7-15(12)22)14-6-10(2)17(9-28-20(23)24)29-18(14)25-16/h4-5,7-8,10,17,20H,3,6,9H2,1-2H3. The van der Waals surface area contributed by atoms with Gasteiger partial charge < -0.3 is 14.2 Å². The molecule has 0 spiro atoms. The van der Waals surface area contributed by atoms with Crippen molar-refractivity contribution in [3.05, 3.63) is 47.2 Å². The van der Waals surface area contributed by atoms with Crippen molar-refractivity contribution < 1.29 is 36.6 Å². The van der Waals surface area contributed by atoms with E-state index in [0.717, 1.165) is 12.1 Å². The van der Waals surface area contributed by atoms with E-state index in [1.54, 1.807) is 13.8 Å². The third kappa shape index (κ3) is 4.67. The van der Waals surface area contributed by atoms with Crippen LogP contribution in [0, 0.1) is 17.6 Å². The number of rotatable bonds is 6. The molecule has 3 rings (SSSR count). The highest BCUT2D eigenvalue weighted by atomic mass is 19.3. The van der Waals surface area contributed by atoms with Crippen molar-refractivity contribution in [1.29, 1.82) is 0 Å². The van der Waals surface area contributed by atoms with Crippen LogP contribution in [0.15, 0.2) is 24.3 Å². The molecule has 0 saturated carbocycles. The number of aromatic nitrogens is 1. The molecule has 1 aromatic heterocycles. The Morgan fingerprint density at radius 2 is 2.03 bits per heavy atom. The van der Waals surface area contributed by atoms with Gasteiger partial charge in [0.25, 0.3) is 0 Å². The molecule has 0 fully saturated rings. The van der Waals surface area contributed by atoms with Crippen molar-refractivity contribution in [2.45, 2.75) is 33.0 Å². The summed E-state index contributed by atoms with van der Waals surface area (Å²) in [4.78, 5) is 16.3. The number of benzene rings is 1. The first kappa shape index (κ1) is 21.0. The molecule has 1 aliphatic heterocycles. The minimum Gasteiger partial charge on any atom is -0.471 e. The third-order valence-corrected chi connectivity index (χ3v) is 4.60. The number of nitrogens with zero attached hydrogens (tertiary/aromatic N) is 1. The molecule has 0 N–H and O–H groups in total. The highest BCUT2D eigenvalue weighted by Gasteiger charge is 2.32. The van der Waals surface area contributed by atoms with Gasteiger partial charge in [-0.3, -0.25) is 0 Å². The average molecular weight is 413 g/mol. The molecule has 1 aliphatic rings. The Kier molecular flexibility index (Phi) is 6.36. The molecule has 0 radical (unpaired) electrons. The maximum absolute atomic E-state index is 14.4. The molecule has 2 aromatic rings. The van der Waals surface area contributed by atoms with Crippen molar-refractivity contribution >= 4 is 5.97 Å². The molecular weight excluding hydrogens is 394 g/mol. The van der Waals surface area contributed by atoms with Gasteiger partial charge in [-0.05, 0) is 43.0 Å². The lowest BCUT2D eigenvalue weighted by atomic mass is 9.88. The molecule has 2 heterocycles. The van der Waals surface area contributed by atoms with Crippen molar-refractivity contribution in [1.82, 2.24) is 4.98 Å². The fourth-order valence-corrected chi connectivity index (χ4v) is 3.18. The second-order valence-electron chi connectivity index (χ2n) is 6.62. The second-order valence-corrected chi connectivity index (χ2v) is 6.62. The smallest absolute Gasteiger partial charge is 0.357 e. The lowest BCUT2D eigenvalue weighted by molar-refractivity contribution is -0.150. The first-order chi connectivity index (χ1) is 13.8. The van der Waals surface area contributed by atoms with Crippen LogP contribution in [0.25, 0.3) is 11.1 Å². The minimum atomic E-state index is -2.95. The third-order valence-electron chi connectivity index (χ3n) is 4.60. The van der Waals surface area contributed by atoms with Crippen LogP contribution in [0.3, 0.4) is 0 Å². The molecular formula is C20H19F4NO4. The van der Waals surface area contributed by atoms with Crippen LogP contribution in [0.2, 0.25) is 0 Å². The van der Waals surface area contributed by atoms with Gasteiger partial charge in [0.1, 0.15) is 17.7 Å². The monoisotopic (exact) mass is 413 g/mol. The van der Waals surface area contributed by atoms with Gasteiger partial charge in [-0.2, -0.15) is 8.78 Å². The highest BCUT2D eigenvalue weighted by molar-refractivity contribution is 5.90. The lowest BCUT2D eigenvalue weighted by Crippen LogP contribution is -2.36. The molecule has 156 valence electrons. The Labute approximate surface area is 164 Å². The van der Waals surface area contributed by atoms with Crippen molar-refractivity contribution in [2.24, 2.45) is 5.92 Å². The van der Waals surface area contributed by atoms with Crippen molar-refractivity contribution in [3.63, 3.8) is 0 Å². The van der Waals surface area contributed by atoms with Crippen molar-refractivity contribution in [3.8, 4) is 17.0 Å². The Morgan fingerprint density at radius 3 is 2.69 bits per heavy atom. The number of hydrogen-bond donors (Lipinski definition) is 0. The maximum atomic E-state index is 14.4. The van der Waals surface area contributed by atoms with Crippen molar-refractivity contribution in [2.75, 3.05) is 13.2 Å². The largest absolute Gasteiger partial charge is 0.471 e. The predicted molar refractivity (Wildman–Crippen MR) is 94.8 cm³/mol. The van der Waals surface area contributed by atoms with E-state index in [4.69, 9.17) is 9.47 Å². The fraction of sp³-hybridized carbons (Fsp3) is 0.400. The molecule has 1 aromatic carbocycles. The van der Waals surface area contributed by atoms with Crippen LogP contribution < -0.4 is 4.74 Å². The number of pyridine rings is 1. The van der Waals surface area contributed by atoms with Crippen LogP contribution in [-0.2, 0) is 15.9 Å². The van der Waals surface area contributed by atoms with Gasteiger partial charge in [-0.15, -0.1) is 0 Å². The molecule has 9 heteroatoms. The molecule has 0 aliphatic carbocycles. The van der Waals surface area contributed by atoms with Gasteiger partial charge in [0.15, 0.2) is 5.69 Å². The number of hydrogen-bond acceptors (Lipinski definition) is 5. The number of fused-ring (bicyclic) bond motifs is 1. The number of ether oxygens (including phenoxy) is 3. The summed E-state index contributed by atoms with van der Waals surface area (Å²) in [5.74, 6) is -2.55. The molecule has 2 atom stereocenters. The molecule has 5 nitrogen and oxygen atoms in total. The van der Waals surface area contributed by atoms with E-state index in [-0.39, 0.29) is 36.3 Å². The van der Waals surface area contributed by atoms with Gasteiger partial charge in [0.05, 0.1) is 13.2 Å². The number of carbonyl (C=O) groups excluding carboxylic acids is 1. The highest BCUT2D eigenvalue weighted by Crippen LogP contribution is 2.38. The van der Waals surface area contributed by atoms with Gasteiger partial charge in [0, 0.05) is 17.2 Å². The molecule has 0 bridgehead atoms. The van der Waals surface area contributed by atoms with Gasteiger partial charge in [-0.1, -0.05) is 6.92 Å². The summed E-state index contributed by atoms with van der Waals surface area (Å²) in [7, 11) is 0. The summed E-state index contributed by atoms with van der Waals surface area (Å²) in [6, 6.07) is 4.45. The van der Waals surface area contributed by atoms with Crippen LogP contribution in [0.5, 0.6) is 5.88 Å². The summed E-state index contributed by atoms with van der Waals surface area (Å²) in [6.07, 6.45) is -0.415. The number of esters is 1. The molecule has 2 unspecified atom stereocenters. The van der Waals surface area contributed by atoms with E-state index >= 15 is 0 Å². The van der Waals surface area contributed by atoms with Crippen LogP contribution in [-0.4, -0.2) is 36.9 Å². The van der Waals surface area contributed by atoms with Gasteiger partial charge in [-0.25, -0.2) is 18.6 Å². The van der Waals surface area contributed by atoms with E-state index in [1.807, 2.05) is 0 Å². The maximum Gasteiger partial charge on any atom is 0.357 e. The van der Waals surface area contributed by atoms with Crippen LogP contribution in [0.1, 0.15) is 29.9 Å². The zero-order valence-corrected chi connectivity index (χ0v) is 15.8. The number of alkyl halides is 2. The topological polar surface area (TPSA) is 57.7 Å². The van der Waals surface area contributed by atoms with Gasteiger partial charge >= 0.3 is 12.6 Å². The summed E-state index contributed by atoms with van der Waals surface area (Å²) in [6.45, 7) is 0.166. The quantitative estimate of drug-likeness (QED) is 0.520. The normalized spacial score (nSPS) is 18.3. The lowest BCUT2D eigenvalue weighted by Gasteiger charge is -2.32. The van der Waals surface area contributed by atoms with E-state index in [2.05, 4.69) is 9.72 Å². The average Bonchev–Trinajstić information content (AvgIpc) is 2.66. The van der Waals surface area contributed by atoms with Gasteiger partial charge in [0.2, 0.25) is 5.88 Å². The fourth-order valence-electron chi connectivity index (χ4n) is 3.18. The number of carbonyl (C=O) groups is 1. The summed E-state index contributed by atoms with van der Waals surface area (Å²) < 4.78 is 67.6. The summed E-state index contributed by atoms with van der Waals surface area (Å²) in [5.41, 5.74) is 0.723. The zero-order chi connectivity index (χ0) is 21.1. The van der Waals surface area contributed by atoms with E-state index in [0.29, 0.717) is 17.5 Å². The zero-order valence-electron chi connectivity index (χ0n) is 15.8. The van der Waals surface area contributed by atoms with E-state index < -0.39 is 30.3 Å².